The highest BCUT2D eigenvalue weighted by atomic mass is 32.1. The van der Waals surface area contributed by atoms with Gasteiger partial charge in [-0.3, -0.25) is 14.5 Å². The molecule has 0 spiro atoms. The molecule has 1 aliphatic heterocycles. The number of aliphatic hydroxyl groups excluding tert-OH is 1. The second-order valence-corrected chi connectivity index (χ2v) is 5.37. The summed E-state index contributed by atoms with van der Waals surface area (Å²) in [7, 11) is 0. The minimum absolute atomic E-state index is 0.0628. The number of nitrogens with one attached hydrogen (secondary N) is 1. The van der Waals surface area contributed by atoms with E-state index in [1.165, 1.54) is 16.2 Å². The maximum absolute atomic E-state index is 11.8. The zero-order valence-corrected chi connectivity index (χ0v) is 11.2. The minimum Gasteiger partial charge on any atom is -0.480 e. The van der Waals surface area contributed by atoms with Crippen molar-refractivity contribution in [2.75, 3.05) is 18.4 Å². The van der Waals surface area contributed by atoms with E-state index < -0.39 is 18.1 Å². The molecule has 3 N–H and O–H groups in total. The molecule has 0 aromatic carbocycles. The van der Waals surface area contributed by atoms with Gasteiger partial charge in [0, 0.05) is 18.3 Å². The van der Waals surface area contributed by atoms with Crippen LogP contribution in [0.1, 0.15) is 12.1 Å². The fraction of sp³-hybridized carbons (Fsp3) is 0.545. The summed E-state index contributed by atoms with van der Waals surface area (Å²) >= 11 is 1.32. The number of rotatable bonds is 4. The molecule has 2 atom stereocenters. The Morgan fingerprint density at radius 2 is 2.37 bits per heavy atom. The SMILES string of the molecule is Cc1csc(NC(=O)CN2CC(O)CC2C(=O)O)n1. The van der Waals surface area contributed by atoms with Gasteiger partial charge in [0.15, 0.2) is 5.13 Å². The van der Waals surface area contributed by atoms with Crippen molar-refractivity contribution in [1.82, 2.24) is 9.88 Å². The van der Waals surface area contributed by atoms with Gasteiger partial charge >= 0.3 is 5.97 Å². The average molecular weight is 285 g/mol. The van der Waals surface area contributed by atoms with Crippen molar-refractivity contribution < 1.29 is 19.8 Å². The molecule has 1 amide bonds. The van der Waals surface area contributed by atoms with Gasteiger partial charge in [0.1, 0.15) is 6.04 Å². The second-order valence-electron chi connectivity index (χ2n) is 4.52. The van der Waals surface area contributed by atoms with E-state index in [9.17, 15) is 14.7 Å². The number of thiazole rings is 1. The molecule has 0 aliphatic carbocycles. The van der Waals surface area contributed by atoms with Gasteiger partial charge < -0.3 is 15.5 Å². The molecular weight excluding hydrogens is 270 g/mol. The van der Waals surface area contributed by atoms with Crippen molar-refractivity contribution in [2.24, 2.45) is 0 Å². The molecule has 0 saturated carbocycles. The Morgan fingerprint density at radius 3 is 2.95 bits per heavy atom. The van der Waals surface area contributed by atoms with Gasteiger partial charge in [0.25, 0.3) is 0 Å². The van der Waals surface area contributed by atoms with Gasteiger partial charge in [0.2, 0.25) is 5.91 Å². The lowest BCUT2D eigenvalue weighted by Crippen LogP contribution is -2.41. The third-order valence-electron chi connectivity index (χ3n) is 2.88. The fourth-order valence-corrected chi connectivity index (χ4v) is 2.77. The predicted molar refractivity (Wildman–Crippen MR) is 69.1 cm³/mol. The van der Waals surface area contributed by atoms with E-state index in [1.807, 2.05) is 12.3 Å². The van der Waals surface area contributed by atoms with Crippen LogP contribution >= 0.6 is 11.3 Å². The third-order valence-corrected chi connectivity index (χ3v) is 3.75. The zero-order valence-electron chi connectivity index (χ0n) is 10.4. The number of hydrogen-bond acceptors (Lipinski definition) is 6. The highest BCUT2D eigenvalue weighted by Gasteiger charge is 2.36. The fourth-order valence-electron chi connectivity index (χ4n) is 2.07. The summed E-state index contributed by atoms with van der Waals surface area (Å²) in [5.74, 6) is -1.34. The van der Waals surface area contributed by atoms with E-state index in [1.54, 1.807) is 0 Å². The Morgan fingerprint density at radius 1 is 1.63 bits per heavy atom. The standard InChI is InChI=1S/C11H15N3O4S/c1-6-5-19-11(12-6)13-9(16)4-14-3-7(15)2-8(14)10(17)18/h5,7-8,15H,2-4H2,1H3,(H,17,18)(H,12,13,16). The van der Waals surface area contributed by atoms with Crippen molar-refractivity contribution in [1.29, 1.82) is 0 Å². The molecule has 0 radical (unpaired) electrons. The number of carboxylic acids is 1. The summed E-state index contributed by atoms with van der Waals surface area (Å²) < 4.78 is 0. The average Bonchev–Trinajstić information content (AvgIpc) is 2.85. The number of aliphatic carboxylic acids is 1. The maximum Gasteiger partial charge on any atom is 0.321 e. The molecule has 19 heavy (non-hydrogen) atoms. The van der Waals surface area contributed by atoms with Crippen LogP contribution in [0.3, 0.4) is 0 Å². The van der Waals surface area contributed by atoms with Crippen LogP contribution in [-0.4, -0.2) is 57.2 Å². The van der Waals surface area contributed by atoms with E-state index in [4.69, 9.17) is 5.11 Å². The van der Waals surface area contributed by atoms with Gasteiger partial charge in [-0.15, -0.1) is 11.3 Å². The van der Waals surface area contributed by atoms with Crippen molar-refractivity contribution in [2.45, 2.75) is 25.5 Å². The number of aliphatic hydroxyl groups is 1. The Hall–Kier alpha value is -1.51. The molecule has 7 nitrogen and oxygen atoms in total. The summed E-state index contributed by atoms with van der Waals surface area (Å²) in [6.07, 6.45) is -0.546. The van der Waals surface area contributed by atoms with Crippen LogP contribution in [0.15, 0.2) is 5.38 Å². The Balaban J connectivity index is 1.92. The van der Waals surface area contributed by atoms with E-state index >= 15 is 0 Å². The number of anilines is 1. The molecule has 1 fully saturated rings. The number of likely N-dealkylation sites (tertiary alicyclic amines) is 1. The number of carboxylic acid groups (broad SMARTS) is 1. The van der Waals surface area contributed by atoms with Gasteiger partial charge in [-0.25, -0.2) is 4.98 Å². The molecule has 1 aromatic rings. The van der Waals surface area contributed by atoms with Crippen molar-refractivity contribution in [3.05, 3.63) is 11.1 Å². The number of nitrogens with zero attached hydrogens (tertiary/aromatic N) is 2. The molecular formula is C11H15N3O4S. The van der Waals surface area contributed by atoms with Crippen LogP contribution in [0.2, 0.25) is 0 Å². The van der Waals surface area contributed by atoms with E-state index in [2.05, 4.69) is 10.3 Å². The van der Waals surface area contributed by atoms with Gasteiger partial charge in [-0.1, -0.05) is 0 Å². The van der Waals surface area contributed by atoms with E-state index in [-0.39, 0.29) is 25.4 Å². The van der Waals surface area contributed by atoms with Crippen LogP contribution in [-0.2, 0) is 9.59 Å². The largest absolute Gasteiger partial charge is 0.480 e. The first kappa shape index (κ1) is 13.9. The van der Waals surface area contributed by atoms with Crippen molar-refractivity contribution in [3.63, 3.8) is 0 Å². The molecule has 2 unspecified atom stereocenters. The van der Waals surface area contributed by atoms with Gasteiger partial charge in [-0.2, -0.15) is 0 Å². The lowest BCUT2D eigenvalue weighted by atomic mass is 10.2. The maximum atomic E-state index is 11.8. The number of amides is 1. The molecule has 1 aromatic heterocycles. The van der Waals surface area contributed by atoms with Crippen LogP contribution in [0.5, 0.6) is 0 Å². The second kappa shape index (κ2) is 5.64. The van der Waals surface area contributed by atoms with Crippen LogP contribution in [0.4, 0.5) is 5.13 Å². The smallest absolute Gasteiger partial charge is 0.321 e. The summed E-state index contributed by atoms with van der Waals surface area (Å²) in [5.41, 5.74) is 0.820. The lowest BCUT2D eigenvalue weighted by Gasteiger charge is -2.19. The van der Waals surface area contributed by atoms with E-state index in [0.717, 1.165) is 5.69 Å². The lowest BCUT2D eigenvalue weighted by molar-refractivity contribution is -0.142. The van der Waals surface area contributed by atoms with Crippen LogP contribution in [0, 0.1) is 6.92 Å². The molecule has 0 bridgehead atoms. The summed E-state index contributed by atoms with van der Waals surface area (Å²) in [5, 5.41) is 23.4. The number of carbonyl (C=O) groups excluding carboxylic acids is 1. The Kier molecular flexibility index (Phi) is 4.13. The normalized spacial score (nSPS) is 23.5. The van der Waals surface area contributed by atoms with Crippen LogP contribution in [0.25, 0.3) is 0 Å². The first-order valence-corrected chi connectivity index (χ1v) is 6.70. The van der Waals surface area contributed by atoms with Crippen molar-refractivity contribution in [3.8, 4) is 0 Å². The molecule has 1 aliphatic rings. The number of aromatic nitrogens is 1. The summed E-state index contributed by atoms with van der Waals surface area (Å²) in [6, 6.07) is -0.807. The Bertz CT molecular complexity index is 490. The Labute approximate surface area is 113 Å². The predicted octanol–water partition coefficient (Wildman–Crippen LogP) is -0.0902. The highest BCUT2D eigenvalue weighted by molar-refractivity contribution is 7.13. The number of hydrogen-bond donors (Lipinski definition) is 3. The quantitative estimate of drug-likeness (QED) is 0.714. The zero-order chi connectivity index (χ0) is 14.0. The molecule has 1 saturated heterocycles. The molecule has 2 heterocycles. The van der Waals surface area contributed by atoms with Gasteiger partial charge in [0.05, 0.1) is 18.3 Å². The summed E-state index contributed by atoms with van der Waals surface area (Å²) in [6.45, 7) is 1.96. The third kappa shape index (κ3) is 3.49. The van der Waals surface area contributed by atoms with Gasteiger partial charge in [-0.05, 0) is 6.92 Å². The van der Waals surface area contributed by atoms with E-state index in [0.29, 0.717) is 5.13 Å². The topological polar surface area (TPSA) is 103 Å². The molecule has 8 heteroatoms. The number of carbonyl (C=O) groups is 2. The highest BCUT2D eigenvalue weighted by Crippen LogP contribution is 2.19. The number of β-amino-alcohol motifs (C(OH)–C–C–N with tert-alkyl or cyclic N) is 1. The summed E-state index contributed by atoms with van der Waals surface area (Å²) in [4.78, 5) is 28.4. The number of aryl methyl sites for hydroxylation is 1. The first-order valence-electron chi connectivity index (χ1n) is 5.82. The molecule has 104 valence electrons. The molecule has 2 rings (SSSR count). The van der Waals surface area contributed by atoms with Crippen molar-refractivity contribution >= 4 is 28.3 Å². The minimum atomic E-state index is -1.02. The monoisotopic (exact) mass is 285 g/mol. The first-order chi connectivity index (χ1) is 8.95. The van der Waals surface area contributed by atoms with Crippen LogP contribution < -0.4 is 5.32 Å².